The molecule has 0 aliphatic carbocycles. The maximum Gasteiger partial charge on any atom is 0.327 e. The van der Waals surface area contributed by atoms with E-state index in [-0.39, 0.29) is 5.57 Å². The van der Waals surface area contributed by atoms with E-state index in [1.807, 2.05) is 54.6 Å². The molecule has 272 valence electrons. The molecule has 0 saturated carbocycles. The van der Waals surface area contributed by atoms with E-state index in [1.54, 1.807) is 0 Å². The molecule has 0 fully saturated rings. The predicted molar refractivity (Wildman–Crippen MR) is 236 cm³/mol. The Morgan fingerprint density at radius 1 is 0.448 bits per heavy atom. The fraction of sp³-hybridized carbons (Fsp3) is 0. The highest BCUT2D eigenvalue weighted by Crippen LogP contribution is 2.39. The van der Waals surface area contributed by atoms with E-state index >= 15 is 0 Å². The van der Waals surface area contributed by atoms with E-state index in [9.17, 15) is 15.0 Å². The lowest BCUT2D eigenvalue weighted by atomic mass is 10.0. The van der Waals surface area contributed by atoms with Crippen LogP contribution in [0, 0.1) is 16.2 Å². The van der Waals surface area contributed by atoms with Gasteiger partial charge in [-0.25, -0.2) is 0 Å². The van der Waals surface area contributed by atoms with Crippen molar-refractivity contribution >= 4 is 55.6 Å². The molecule has 6 heteroatoms. The average molecular weight is 745 g/mol. The Labute approximate surface area is 333 Å². The summed E-state index contributed by atoms with van der Waals surface area (Å²) in [5.74, 6) is -1.09. The van der Waals surface area contributed by atoms with Gasteiger partial charge in [-0.2, -0.15) is 5.26 Å². The molecule has 10 rings (SSSR count). The standard InChI is InChI=1S/C52H32N4O2/c53-33-41(52(57)54-58)28-34-16-24-48-44(29-34)45-30-38(35-10-4-1-5-11-35)17-25-49(45)55(48)42-20-22-43(23-21-42)56-50-26-18-39(36-12-6-2-7-13-36)31-46(50)47-32-40(19-27-51(47)56)37-14-8-3-9-15-37/h1-32H/b41-28+. The molecular formula is C52H32N4O2. The van der Waals surface area contributed by atoms with Crippen LogP contribution in [0.15, 0.2) is 199 Å². The van der Waals surface area contributed by atoms with E-state index in [4.69, 9.17) is 0 Å². The van der Waals surface area contributed by atoms with Gasteiger partial charge in [-0.05, 0) is 118 Å². The topological polar surface area (TPSA) is 80.2 Å². The summed E-state index contributed by atoms with van der Waals surface area (Å²) in [6.07, 6.45) is 1.42. The summed E-state index contributed by atoms with van der Waals surface area (Å²) in [7, 11) is 0. The number of nitriles is 1. The van der Waals surface area contributed by atoms with E-state index in [1.165, 1.54) is 39.1 Å². The summed E-state index contributed by atoms with van der Waals surface area (Å²) in [6.45, 7) is 0. The van der Waals surface area contributed by atoms with Gasteiger partial charge in [-0.3, -0.25) is 4.79 Å². The Bertz CT molecular complexity index is 3200. The van der Waals surface area contributed by atoms with Crippen LogP contribution in [0.25, 0.3) is 94.4 Å². The smallest absolute Gasteiger partial charge is 0.309 e. The van der Waals surface area contributed by atoms with Crippen molar-refractivity contribution in [2.45, 2.75) is 0 Å². The van der Waals surface area contributed by atoms with Crippen molar-refractivity contribution in [2.24, 2.45) is 5.18 Å². The van der Waals surface area contributed by atoms with Crippen molar-refractivity contribution in [3.8, 4) is 50.8 Å². The van der Waals surface area contributed by atoms with Crippen LogP contribution >= 0.6 is 0 Å². The number of nitroso groups, excluding NO2 is 1. The molecule has 10 aromatic rings. The number of aromatic nitrogens is 2. The molecule has 1 amide bonds. The second kappa shape index (κ2) is 14.2. The summed E-state index contributed by atoms with van der Waals surface area (Å²) >= 11 is 0. The fourth-order valence-electron chi connectivity index (χ4n) is 8.25. The molecule has 2 heterocycles. The number of benzene rings is 8. The quantitative estimate of drug-likeness (QED) is 0.0926. The number of amides is 1. The van der Waals surface area contributed by atoms with Crippen LogP contribution in [0.5, 0.6) is 0 Å². The monoisotopic (exact) mass is 744 g/mol. The number of rotatable bonds is 7. The molecule has 0 aliphatic rings. The van der Waals surface area contributed by atoms with Crippen LogP contribution in [0.1, 0.15) is 5.56 Å². The highest BCUT2D eigenvalue weighted by atomic mass is 16.3. The van der Waals surface area contributed by atoms with Crippen molar-refractivity contribution in [3.63, 3.8) is 0 Å². The molecule has 0 radical (unpaired) electrons. The number of hydrogen-bond donors (Lipinski definition) is 0. The first kappa shape index (κ1) is 34.4. The van der Waals surface area contributed by atoms with Crippen LogP contribution < -0.4 is 0 Å². The van der Waals surface area contributed by atoms with Gasteiger partial charge in [0.05, 0.1) is 22.1 Å². The first-order valence-electron chi connectivity index (χ1n) is 19.0. The number of carbonyl (C=O) groups excluding carboxylic acids is 1. The number of fused-ring (bicyclic) bond motifs is 6. The Kier molecular flexibility index (Phi) is 8.40. The van der Waals surface area contributed by atoms with Crippen LogP contribution in [0.3, 0.4) is 0 Å². The molecule has 2 aromatic heterocycles. The molecule has 8 aromatic carbocycles. The Morgan fingerprint density at radius 2 is 0.810 bits per heavy atom. The predicted octanol–water partition coefficient (Wildman–Crippen LogP) is 13.1. The maximum absolute atomic E-state index is 12.0. The second-order valence-electron chi connectivity index (χ2n) is 14.3. The molecule has 58 heavy (non-hydrogen) atoms. The molecule has 0 unspecified atom stereocenters. The fourth-order valence-corrected chi connectivity index (χ4v) is 8.25. The molecule has 0 atom stereocenters. The van der Waals surface area contributed by atoms with Gasteiger partial charge in [-0.15, -0.1) is 4.91 Å². The molecule has 6 nitrogen and oxygen atoms in total. The van der Waals surface area contributed by atoms with Gasteiger partial charge in [-0.1, -0.05) is 115 Å². The zero-order valence-corrected chi connectivity index (χ0v) is 31.1. The highest BCUT2D eigenvalue weighted by Gasteiger charge is 2.18. The summed E-state index contributed by atoms with van der Waals surface area (Å²) in [5, 5.41) is 16.4. The van der Waals surface area contributed by atoms with Crippen molar-refractivity contribution < 1.29 is 4.79 Å². The molecule has 0 spiro atoms. The lowest BCUT2D eigenvalue weighted by Gasteiger charge is -2.12. The normalized spacial score (nSPS) is 11.7. The van der Waals surface area contributed by atoms with Crippen molar-refractivity contribution in [3.05, 3.63) is 204 Å². The van der Waals surface area contributed by atoms with E-state index < -0.39 is 5.91 Å². The van der Waals surface area contributed by atoms with E-state index in [0.717, 1.165) is 55.3 Å². The van der Waals surface area contributed by atoms with Gasteiger partial charge < -0.3 is 9.13 Å². The lowest BCUT2D eigenvalue weighted by molar-refractivity contribution is -0.114. The summed E-state index contributed by atoms with van der Waals surface area (Å²) in [5.41, 5.74) is 13.4. The molecule has 0 N–H and O–H groups in total. The highest BCUT2D eigenvalue weighted by molar-refractivity contribution is 6.13. The van der Waals surface area contributed by atoms with Crippen LogP contribution in [0.2, 0.25) is 0 Å². The second-order valence-corrected chi connectivity index (χ2v) is 14.3. The van der Waals surface area contributed by atoms with Gasteiger partial charge in [0.1, 0.15) is 11.6 Å². The largest absolute Gasteiger partial charge is 0.327 e. The van der Waals surface area contributed by atoms with E-state index in [0.29, 0.717) is 5.56 Å². The molecule has 0 saturated heterocycles. The Balaban J connectivity index is 1.14. The Morgan fingerprint density at radius 3 is 1.17 bits per heavy atom. The first-order chi connectivity index (χ1) is 28.6. The SMILES string of the molecule is N#C/C(=C\c1ccc2c(c1)c1cc(-c3ccccc3)ccc1n2-c1ccc(-n2c3ccc(-c4ccccc4)cc3c3cc(-c4ccccc4)ccc32)cc1)C(=O)N=O. The summed E-state index contributed by atoms with van der Waals surface area (Å²) in [4.78, 5) is 23.0. The summed E-state index contributed by atoms with van der Waals surface area (Å²) < 4.78 is 4.58. The number of carbonyl (C=O) groups is 1. The van der Waals surface area contributed by atoms with Gasteiger partial charge in [0, 0.05) is 38.1 Å². The third-order valence-electron chi connectivity index (χ3n) is 11.0. The van der Waals surface area contributed by atoms with Crippen molar-refractivity contribution in [2.75, 3.05) is 0 Å². The number of hydrogen-bond acceptors (Lipinski definition) is 3. The molecule has 0 aliphatic heterocycles. The molecular weight excluding hydrogens is 713 g/mol. The minimum Gasteiger partial charge on any atom is -0.309 e. The maximum atomic E-state index is 12.0. The third kappa shape index (κ3) is 5.87. The molecule has 0 bridgehead atoms. The minimum atomic E-state index is -1.09. The number of nitrogens with zero attached hydrogens (tertiary/aromatic N) is 4. The van der Waals surface area contributed by atoms with E-state index in [2.05, 4.69) is 154 Å². The van der Waals surface area contributed by atoms with Crippen LogP contribution in [-0.4, -0.2) is 15.0 Å². The van der Waals surface area contributed by atoms with Gasteiger partial charge in [0.2, 0.25) is 0 Å². The zero-order valence-electron chi connectivity index (χ0n) is 31.1. The van der Waals surface area contributed by atoms with Crippen LogP contribution in [0.4, 0.5) is 0 Å². The average Bonchev–Trinajstić information content (AvgIpc) is 3.80. The van der Waals surface area contributed by atoms with Gasteiger partial charge in [0.15, 0.2) is 0 Å². The summed E-state index contributed by atoms with van der Waals surface area (Å²) in [6, 6.07) is 67.5. The minimum absolute atomic E-state index is 0.309. The zero-order chi connectivity index (χ0) is 39.2. The van der Waals surface area contributed by atoms with Gasteiger partial charge in [0.25, 0.3) is 0 Å². The van der Waals surface area contributed by atoms with Crippen molar-refractivity contribution in [1.82, 2.24) is 9.13 Å². The Hall–Kier alpha value is -8.14. The van der Waals surface area contributed by atoms with Crippen LogP contribution in [-0.2, 0) is 4.79 Å². The van der Waals surface area contributed by atoms with Crippen molar-refractivity contribution in [1.29, 1.82) is 5.26 Å². The lowest BCUT2D eigenvalue weighted by Crippen LogP contribution is -1.97. The third-order valence-corrected chi connectivity index (χ3v) is 11.0. The van der Waals surface area contributed by atoms with Gasteiger partial charge >= 0.3 is 5.91 Å². The first-order valence-corrected chi connectivity index (χ1v) is 19.0.